The van der Waals surface area contributed by atoms with Crippen LogP contribution in [0.2, 0.25) is 0 Å². The molecule has 0 bridgehead atoms. The minimum atomic E-state index is -0.455. The number of fused-ring (bicyclic) bond motifs is 2. The first-order valence-electron chi connectivity index (χ1n) is 10.2. The number of nitrogens with one attached hydrogen (secondary N) is 1. The molecule has 6 nitrogen and oxygen atoms in total. The van der Waals surface area contributed by atoms with Crippen LogP contribution in [0.3, 0.4) is 0 Å². The fourth-order valence-electron chi connectivity index (χ4n) is 4.19. The van der Waals surface area contributed by atoms with E-state index >= 15 is 0 Å². The standard InChI is InChI=1S/C24H17FN4O2S/c25-16-7-3-2-6-15(16)23-26-12-20(32-23)24(30)29-10-9-17-21(28-13-27-17)22(29)19-11-14-5-1-4-8-18(14)31-19/h1-8,11-13,22H,9-10H2,(H,27,28)/t22-/m1/s1. The first kappa shape index (κ1) is 18.9. The lowest BCUT2D eigenvalue weighted by Gasteiger charge is -2.33. The molecule has 0 unspecified atom stereocenters. The Kier molecular flexibility index (Phi) is 4.39. The second-order valence-corrected chi connectivity index (χ2v) is 8.64. The SMILES string of the molecule is O=C(c1cnc(-c2ccccc2F)s1)N1CCc2[nH]cnc2[C@H]1c1cc2ccccc2o1. The number of aromatic amines is 1. The van der Waals surface area contributed by atoms with Gasteiger partial charge in [-0.15, -0.1) is 11.3 Å². The molecule has 3 aromatic heterocycles. The van der Waals surface area contributed by atoms with Gasteiger partial charge in [0.1, 0.15) is 33.1 Å². The number of nitrogens with zero attached hydrogens (tertiary/aromatic N) is 3. The minimum Gasteiger partial charge on any atom is -0.458 e. The lowest BCUT2D eigenvalue weighted by molar-refractivity contribution is 0.0677. The lowest BCUT2D eigenvalue weighted by atomic mass is 10.00. The van der Waals surface area contributed by atoms with Crippen molar-refractivity contribution < 1.29 is 13.6 Å². The van der Waals surface area contributed by atoms with Crippen LogP contribution in [-0.4, -0.2) is 32.3 Å². The van der Waals surface area contributed by atoms with Gasteiger partial charge in [0, 0.05) is 29.6 Å². The molecule has 5 aromatic rings. The van der Waals surface area contributed by atoms with E-state index in [9.17, 15) is 9.18 Å². The van der Waals surface area contributed by atoms with Gasteiger partial charge in [-0.3, -0.25) is 4.79 Å². The number of carbonyl (C=O) groups is 1. The Morgan fingerprint density at radius 2 is 2.00 bits per heavy atom. The maximum absolute atomic E-state index is 14.2. The normalized spacial score (nSPS) is 15.8. The molecule has 4 heterocycles. The third-order valence-electron chi connectivity index (χ3n) is 5.72. The van der Waals surface area contributed by atoms with Gasteiger partial charge in [-0.1, -0.05) is 30.3 Å². The average Bonchev–Trinajstić information content (AvgIpc) is 3.57. The van der Waals surface area contributed by atoms with Gasteiger partial charge >= 0.3 is 0 Å². The molecule has 0 saturated heterocycles. The molecule has 0 aliphatic carbocycles. The fourth-order valence-corrected chi connectivity index (χ4v) is 5.09. The van der Waals surface area contributed by atoms with Crippen molar-refractivity contribution in [2.75, 3.05) is 6.54 Å². The molecule has 6 rings (SSSR count). The highest BCUT2D eigenvalue weighted by Crippen LogP contribution is 2.38. The van der Waals surface area contributed by atoms with E-state index < -0.39 is 6.04 Å². The smallest absolute Gasteiger partial charge is 0.266 e. The van der Waals surface area contributed by atoms with Crippen LogP contribution in [0.1, 0.15) is 32.9 Å². The maximum atomic E-state index is 14.2. The van der Waals surface area contributed by atoms with Gasteiger partial charge in [-0.25, -0.2) is 14.4 Å². The number of hydrogen-bond donors (Lipinski definition) is 1. The van der Waals surface area contributed by atoms with Crippen molar-refractivity contribution in [2.45, 2.75) is 12.5 Å². The highest BCUT2D eigenvalue weighted by molar-refractivity contribution is 7.16. The molecule has 1 aliphatic heterocycles. The summed E-state index contributed by atoms with van der Waals surface area (Å²) in [7, 11) is 0. The van der Waals surface area contributed by atoms with Gasteiger partial charge in [0.25, 0.3) is 5.91 Å². The predicted octanol–water partition coefficient (Wildman–Crippen LogP) is 5.21. The first-order valence-corrected chi connectivity index (χ1v) is 11.0. The monoisotopic (exact) mass is 444 g/mol. The van der Waals surface area contributed by atoms with E-state index in [1.165, 1.54) is 23.6 Å². The van der Waals surface area contributed by atoms with E-state index in [0.717, 1.165) is 22.4 Å². The van der Waals surface area contributed by atoms with Crippen molar-refractivity contribution in [1.29, 1.82) is 0 Å². The summed E-state index contributed by atoms with van der Waals surface area (Å²) >= 11 is 1.19. The summed E-state index contributed by atoms with van der Waals surface area (Å²) in [6.45, 7) is 0.503. The number of carbonyl (C=O) groups excluding carboxylic acids is 1. The van der Waals surface area contributed by atoms with Crippen LogP contribution in [0.25, 0.3) is 21.5 Å². The quantitative estimate of drug-likeness (QED) is 0.415. The number of thiazole rings is 1. The van der Waals surface area contributed by atoms with Crippen LogP contribution < -0.4 is 0 Å². The van der Waals surface area contributed by atoms with Crippen molar-refractivity contribution in [3.05, 3.63) is 95.0 Å². The predicted molar refractivity (Wildman–Crippen MR) is 119 cm³/mol. The molecule has 1 N–H and O–H groups in total. The summed E-state index contributed by atoms with van der Waals surface area (Å²) < 4.78 is 20.3. The Hall–Kier alpha value is -3.78. The van der Waals surface area contributed by atoms with Crippen LogP contribution in [0.5, 0.6) is 0 Å². The Labute approximate surface area is 186 Å². The number of benzene rings is 2. The van der Waals surface area contributed by atoms with E-state index in [1.807, 2.05) is 30.3 Å². The van der Waals surface area contributed by atoms with Gasteiger partial charge < -0.3 is 14.3 Å². The van der Waals surface area contributed by atoms with Crippen molar-refractivity contribution in [1.82, 2.24) is 19.9 Å². The molecule has 1 aliphatic rings. The molecular weight excluding hydrogens is 427 g/mol. The molecule has 1 amide bonds. The van der Waals surface area contributed by atoms with Gasteiger partial charge in [-0.2, -0.15) is 0 Å². The highest BCUT2D eigenvalue weighted by atomic mass is 32.1. The van der Waals surface area contributed by atoms with Gasteiger partial charge in [0.05, 0.1) is 18.2 Å². The number of hydrogen-bond acceptors (Lipinski definition) is 5. The van der Waals surface area contributed by atoms with E-state index in [-0.39, 0.29) is 11.7 Å². The highest BCUT2D eigenvalue weighted by Gasteiger charge is 2.37. The second kappa shape index (κ2) is 7.42. The molecule has 8 heteroatoms. The zero-order valence-electron chi connectivity index (χ0n) is 16.8. The Balaban J connectivity index is 1.40. The molecule has 0 spiro atoms. The number of para-hydroxylation sites is 1. The summed E-state index contributed by atoms with van der Waals surface area (Å²) in [5.41, 5.74) is 2.93. The topological polar surface area (TPSA) is 75.0 Å². The van der Waals surface area contributed by atoms with E-state index in [1.54, 1.807) is 29.4 Å². The van der Waals surface area contributed by atoms with Crippen LogP contribution in [0.15, 0.2) is 71.5 Å². The molecule has 0 fully saturated rings. The average molecular weight is 444 g/mol. The number of imidazole rings is 1. The van der Waals surface area contributed by atoms with Gasteiger partial charge in [0.15, 0.2) is 0 Å². The summed E-state index contributed by atoms with van der Waals surface area (Å²) in [5, 5.41) is 1.45. The zero-order chi connectivity index (χ0) is 21.7. The summed E-state index contributed by atoms with van der Waals surface area (Å²) in [4.78, 5) is 27.8. The first-order chi connectivity index (χ1) is 15.7. The van der Waals surface area contributed by atoms with Crippen LogP contribution in [0, 0.1) is 5.82 Å². The minimum absolute atomic E-state index is 0.177. The van der Waals surface area contributed by atoms with Crippen LogP contribution in [0.4, 0.5) is 4.39 Å². The third-order valence-corrected chi connectivity index (χ3v) is 6.74. The van der Waals surface area contributed by atoms with Crippen LogP contribution in [-0.2, 0) is 6.42 Å². The zero-order valence-corrected chi connectivity index (χ0v) is 17.6. The summed E-state index contributed by atoms with van der Waals surface area (Å²) in [5.74, 6) is 0.121. The largest absolute Gasteiger partial charge is 0.458 e. The van der Waals surface area contributed by atoms with Gasteiger partial charge in [0.2, 0.25) is 0 Å². The molecule has 0 radical (unpaired) electrons. The molecule has 1 atom stereocenters. The Morgan fingerprint density at radius 3 is 2.88 bits per heavy atom. The molecular formula is C24H17FN4O2S. The van der Waals surface area contributed by atoms with E-state index in [0.29, 0.717) is 34.2 Å². The molecule has 2 aromatic carbocycles. The summed E-state index contributed by atoms with van der Waals surface area (Å²) in [6.07, 6.45) is 3.83. The van der Waals surface area contributed by atoms with Crippen molar-refractivity contribution in [3.8, 4) is 10.6 Å². The molecule has 158 valence electrons. The van der Waals surface area contributed by atoms with Gasteiger partial charge in [-0.05, 0) is 24.3 Å². The van der Waals surface area contributed by atoms with Crippen molar-refractivity contribution in [2.24, 2.45) is 0 Å². The van der Waals surface area contributed by atoms with E-state index in [4.69, 9.17) is 4.42 Å². The number of halogens is 1. The van der Waals surface area contributed by atoms with Crippen molar-refractivity contribution >= 4 is 28.2 Å². The lowest BCUT2D eigenvalue weighted by Crippen LogP contribution is -2.40. The maximum Gasteiger partial charge on any atom is 0.266 e. The number of aromatic nitrogens is 3. The van der Waals surface area contributed by atoms with Crippen molar-refractivity contribution in [3.63, 3.8) is 0 Å². The Bertz CT molecular complexity index is 1420. The number of rotatable bonds is 3. The fraction of sp³-hybridized carbons (Fsp3) is 0.125. The Morgan fingerprint density at radius 1 is 1.16 bits per heavy atom. The number of amides is 1. The number of H-pyrrole nitrogens is 1. The van der Waals surface area contributed by atoms with Crippen LogP contribution >= 0.6 is 11.3 Å². The third kappa shape index (κ3) is 3.03. The van der Waals surface area contributed by atoms with E-state index in [2.05, 4.69) is 15.0 Å². The molecule has 0 saturated carbocycles. The summed E-state index contributed by atoms with van der Waals surface area (Å²) in [6, 6.07) is 15.7. The number of furan rings is 1. The second-order valence-electron chi connectivity index (χ2n) is 7.61. The molecule has 32 heavy (non-hydrogen) atoms.